The molecule has 0 aliphatic heterocycles. The van der Waals surface area contributed by atoms with Crippen LogP contribution in [0.15, 0.2) is 60.1 Å². The summed E-state index contributed by atoms with van der Waals surface area (Å²) < 4.78 is 4.75. The number of hydrogen-bond acceptors (Lipinski definition) is 6. The highest BCUT2D eigenvalue weighted by atomic mass is 16.6. The summed E-state index contributed by atoms with van der Waals surface area (Å²) in [5.41, 5.74) is -0.378. The molecule has 7 nitrogen and oxygen atoms in total. The number of nitrogens with zero attached hydrogens (tertiary/aromatic N) is 2. The van der Waals surface area contributed by atoms with Crippen molar-refractivity contribution in [2.24, 2.45) is 0 Å². The SMILES string of the molecule is C=C/C=C\C(N/C(C)=C(/C#N)C(=O)OCC)=C(/C=C)[N+](=O)[O-].CC. The van der Waals surface area contributed by atoms with Gasteiger partial charge < -0.3 is 10.1 Å². The molecule has 130 valence electrons. The van der Waals surface area contributed by atoms with Crippen molar-refractivity contribution in [3.63, 3.8) is 0 Å². The van der Waals surface area contributed by atoms with Crippen molar-refractivity contribution in [3.8, 4) is 6.07 Å². The first-order valence-corrected chi connectivity index (χ1v) is 7.28. The van der Waals surface area contributed by atoms with Gasteiger partial charge in [0.2, 0.25) is 0 Å². The molecular weight excluding hydrogens is 310 g/mol. The summed E-state index contributed by atoms with van der Waals surface area (Å²) in [6.07, 6.45) is 5.34. The van der Waals surface area contributed by atoms with Gasteiger partial charge in [-0.1, -0.05) is 39.2 Å². The third-order valence-electron chi connectivity index (χ3n) is 2.35. The molecule has 0 heterocycles. The lowest BCUT2D eigenvalue weighted by atomic mass is 10.2. The molecule has 24 heavy (non-hydrogen) atoms. The van der Waals surface area contributed by atoms with Gasteiger partial charge in [0.15, 0.2) is 5.57 Å². The molecule has 0 saturated carbocycles. The number of nitriles is 1. The van der Waals surface area contributed by atoms with Gasteiger partial charge in [-0.2, -0.15) is 5.26 Å². The summed E-state index contributed by atoms with van der Waals surface area (Å²) in [6, 6.07) is 1.71. The van der Waals surface area contributed by atoms with E-state index in [2.05, 4.69) is 18.5 Å². The Morgan fingerprint density at radius 1 is 1.42 bits per heavy atom. The third-order valence-corrected chi connectivity index (χ3v) is 2.35. The van der Waals surface area contributed by atoms with Gasteiger partial charge in [0.05, 0.1) is 11.5 Å². The second-order valence-electron chi connectivity index (χ2n) is 3.81. The maximum atomic E-state index is 11.6. The lowest BCUT2D eigenvalue weighted by Crippen LogP contribution is -2.19. The highest BCUT2D eigenvalue weighted by molar-refractivity contribution is 5.93. The molecule has 0 radical (unpaired) electrons. The van der Waals surface area contributed by atoms with Crippen molar-refractivity contribution in [3.05, 3.63) is 70.2 Å². The zero-order chi connectivity index (χ0) is 19.1. The molecule has 0 aromatic rings. The maximum Gasteiger partial charge on any atom is 0.350 e. The Hall–Kier alpha value is -3.14. The molecular formula is C17H23N3O4. The Morgan fingerprint density at radius 3 is 2.38 bits per heavy atom. The van der Waals surface area contributed by atoms with Crippen molar-refractivity contribution >= 4 is 5.97 Å². The summed E-state index contributed by atoms with van der Waals surface area (Å²) in [4.78, 5) is 22.0. The minimum Gasteiger partial charge on any atom is -0.462 e. The Balaban J connectivity index is 0. The van der Waals surface area contributed by atoms with Gasteiger partial charge >= 0.3 is 5.97 Å². The topological polar surface area (TPSA) is 105 Å². The Labute approximate surface area is 142 Å². The molecule has 0 bridgehead atoms. The largest absolute Gasteiger partial charge is 0.462 e. The minimum atomic E-state index is -0.802. The van der Waals surface area contributed by atoms with E-state index in [9.17, 15) is 14.9 Å². The van der Waals surface area contributed by atoms with E-state index in [4.69, 9.17) is 10.00 Å². The predicted octanol–water partition coefficient (Wildman–Crippen LogP) is 3.38. The fourth-order valence-corrected chi connectivity index (χ4v) is 1.39. The quantitative estimate of drug-likeness (QED) is 0.182. The van der Waals surface area contributed by atoms with Gasteiger partial charge in [0.25, 0.3) is 5.70 Å². The van der Waals surface area contributed by atoms with Crippen LogP contribution in [-0.4, -0.2) is 17.5 Å². The first-order chi connectivity index (χ1) is 11.4. The number of nitrogens with one attached hydrogen (secondary N) is 1. The smallest absolute Gasteiger partial charge is 0.350 e. The van der Waals surface area contributed by atoms with E-state index >= 15 is 0 Å². The molecule has 0 fully saturated rings. The fraction of sp³-hybridized carbons (Fsp3) is 0.294. The average molecular weight is 333 g/mol. The standard InChI is InChI=1S/C15H17N3O4.C2H6/c1-5-8-9-13(14(6-2)18(20)21)17-11(4)12(10-16)15(19)22-7-3;1-2/h5-6,8-9,17H,1-2,7H2,3-4H3;1-2H3/b9-8-,12-11-,14-13-;. The molecule has 1 N–H and O–H groups in total. The molecule has 0 saturated heterocycles. The van der Waals surface area contributed by atoms with Crippen LogP contribution in [0.1, 0.15) is 27.7 Å². The van der Waals surface area contributed by atoms with E-state index in [1.165, 1.54) is 25.2 Å². The van der Waals surface area contributed by atoms with Crippen molar-refractivity contribution in [2.75, 3.05) is 6.61 Å². The third kappa shape index (κ3) is 7.75. The Morgan fingerprint density at radius 2 is 2.00 bits per heavy atom. The van der Waals surface area contributed by atoms with E-state index < -0.39 is 10.9 Å². The number of ether oxygens (including phenoxy) is 1. The van der Waals surface area contributed by atoms with Crippen LogP contribution >= 0.6 is 0 Å². The van der Waals surface area contributed by atoms with E-state index in [0.29, 0.717) is 0 Å². The molecule has 0 rings (SSSR count). The highest BCUT2D eigenvalue weighted by Crippen LogP contribution is 2.11. The zero-order valence-corrected chi connectivity index (χ0v) is 14.5. The summed E-state index contributed by atoms with van der Waals surface area (Å²) >= 11 is 0. The van der Waals surface area contributed by atoms with Gasteiger partial charge in [0, 0.05) is 11.8 Å². The number of hydrogen-bond donors (Lipinski definition) is 1. The Kier molecular flexibility index (Phi) is 13.0. The molecule has 0 aliphatic carbocycles. The summed E-state index contributed by atoms with van der Waals surface area (Å²) in [5, 5.41) is 22.7. The van der Waals surface area contributed by atoms with Crippen LogP contribution in [0.5, 0.6) is 0 Å². The predicted molar refractivity (Wildman–Crippen MR) is 93.0 cm³/mol. The van der Waals surface area contributed by atoms with Crippen LogP contribution in [0.4, 0.5) is 0 Å². The molecule has 0 aromatic heterocycles. The molecule has 0 amide bonds. The lowest BCUT2D eigenvalue weighted by Gasteiger charge is -2.09. The fourth-order valence-electron chi connectivity index (χ4n) is 1.39. The zero-order valence-electron chi connectivity index (χ0n) is 14.5. The van der Waals surface area contributed by atoms with Gasteiger partial charge in [-0.05, 0) is 19.9 Å². The van der Waals surface area contributed by atoms with Crippen molar-refractivity contribution < 1.29 is 14.5 Å². The lowest BCUT2D eigenvalue weighted by molar-refractivity contribution is -0.420. The molecule has 0 unspecified atom stereocenters. The highest BCUT2D eigenvalue weighted by Gasteiger charge is 2.18. The first kappa shape index (κ1) is 23.1. The number of carbonyl (C=O) groups excluding carboxylic acids is 1. The summed E-state index contributed by atoms with van der Waals surface area (Å²) in [7, 11) is 0. The molecule has 7 heteroatoms. The van der Waals surface area contributed by atoms with Crippen molar-refractivity contribution in [1.82, 2.24) is 5.32 Å². The summed E-state index contributed by atoms with van der Waals surface area (Å²) in [6.45, 7) is 14.0. The van der Waals surface area contributed by atoms with E-state index in [0.717, 1.165) is 6.08 Å². The van der Waals surface area contributed by atoms with E-state index in [1.54, 1.807) is 13.0 Å². The van der Waals surface area contributed by atoms with Crippen LogP contribution in [0.25, 0.3) is 0 Å². The van der Waals surface area contributed by atoms with Crippen LogP contribution in [0, 0.1) is 21.4 Å². The van der Waals surface area contributed by atoms with Crippen molar-refractivity contribution in [1.29, 1.82) is 5.26 Å². The maximum absolute atomic E-state index is 11.6. The van der Waals surface area contributed by atoms with E-state index in [-0.39, 0.29) is 29.3 Å². The van der Waals surface area contributed by atoms with E-state index in [1.807, 2.05) is 13.8 Å². The second-order valence-corrected chi connectivity index (χ2v) is 3.81. The molecule has 0 spiro atoms. The minimum absolute atomic E-state index is 0.0643. The van der Waals surface area contributed by atoms with Gasteiger partial charge in [0.1, 0.15) is 11.8 Å². The van der Waals surface area contributed by atoms with Crippen LogP contribution < -0.4 is 5.32 Å². The Bertz CT molecular complexity index is 608. The van der Waals surface area contributed by atoms with Gasteiger partial charge in [-0.15, -0.1) is 0 Å². The van der Waals surface area contributed by atoms with Gasteiger partial charge in [-0.25, -0.2) is 4.79 Å². The molecule has 0 aromatic carbocycles. The van der Waals surface area contributed by atoms with Crippen molar-refractivity contribution in [2.45, 2.75) is 27.7 Å². The normalized spacial score (nSPS) is 11.8. The number of nitro groups is 1. The number of allylic oxidation sites excluding steroid dienone is 5. The number of esters is 1. The second kappa shape index (κ2) is 13.5. The summed E-state index contributed by atoms with van der Waals surface area (Å²) in [5.74, 6) is -0.802. The first-order valence-electron chi connectivity index (χ1n) is 7.28. The number of rotatable bonds is 8. The average Bonchev–Trinajstić information content (AvgIpc) is 2.55. The monoisotopic (exact) mass is 333 g/mol. The number of carbonyl (C=O) groups is 1. The van der Waals surface area contributed by atoms with Crippen LogP contribution in [0.3, 0.4) is 0 Å². The van der Waals surface area contributed by atoms with Crippen LogP contribution in [0.2, 0.25) is 0 Å². The molecule has 0 atom stereocenters. The van der Waals surface area contributed by atoms with Crippen LogP contribution in [-0.2, 0) is 9.53 Å². The van der Waals surface area contributed by atoms with Gasteiger partial charge in [-0.3, -0.25) is 10.1 Å². The molecule has 0 aliphatic rings.